The third-order valence-corrected chi connectivity index (χ3v) is 3.30. The van der Waals surface area contributed by atoms with E-state index in [0.29, 0.717) is 5.92 Å². The second kappa shape index (κ2) is 4.17. The smallest absolute Gasteiger partial charge is 0.0664 e. The Kier molecular flexibility index (Phi) is 2.52. The molecule has 2 aromatic carbocycles. The van der Waals surface area contributed by atoms with Crippen molar-refractivity contribution in [3.63, 3.8) is 0 Å². The number of benzene rings is 2. The lowest BCUT2D eigenvalue weighted by atomic mass is 9.91. The summed E-state index contributed by atoms with van der Waals surface area (Å²) in [6, 6.07) is 12.8. The molecule has 1 heteroatoms. The molecule has 0 fully saturated rings. The van der Waals surface area contributed by atoms with Gasteiger partial charge in [0.2, 0.25) is 0 Å². The predicted octanol–water partition coefficient (Wildman–Crippen LogP) is 4.29. The minimum atomic E-state index is 0.443. The van der Waals surface area contributed by atoms with Gasteiger partial charge in [0, 0.05) is 12.1 Å². The second-order valence-electron chi connectivity index (χ2n) is 4.46. The second-order valence-corrected chi connectivity index (χ2v) is 4.46. The van der Waals surface area contributed by atoms with Gasteiger partial charge in [-0.05, 0) is 35.7 Å². The van der Waals surface area contributed by atoms with Gasteiger partial charge in [0.15, 0.2) is 0 Å². The van der Waals surface area contributed by atoms with Gasteiger partial charge in [0.05, 0.1) is 5.69 Å². The molecule has 0 spiro atoms. The van der Waals surface area contributed by atoms with Crippen molar-refractivity contribution in [2.75, 3.05) is 0 Å². The zero-order valence-electron chi connectivity index (χ0n) is 9.93. The highest BCUT2D eigenvalue weighted by Crippen LogP contribution is 2.33. The summed E-state index contributed by atoms with van der Waals surface area (Å²) in [5.41, 5.74) is 2.51. The Bertz CT molecular complexity index is 608. The van der Waals surface area contributed by atoms with Crippen molar-refractivity contribution in [3.05, 3.63) is 54.1 Å². The highest BCUT2D eigenvalue weighted by molar-refractivity contribution is 5.91. The van der Waals surface area contributed by atoms with Crippen LogP contribution in [0.25, 0.3) is 10.8 Å². The zero-order valence-corrected chi connectivity index (χ0v) is 9.93. The molecule has 2 aromatic rings. The quantitative estimate of drug-likeness (QED) is 0.637. The molecule has 0 saturated carbocycles. The van der Waals surface area contributed by atoms with Gasteiger partial charge in [-0.2, -0.15) is 0 Å². The monoisotopic (exact) mass is 221 g/mol. The number of rotatable bonds is 1. The van der Waals surface area contributed by atoms with Crippen LogP contribution in [0.2, 0.25) is 0 Å². The molecular weight excluding hydrogens is 206 g/mol. The number of aliphatic imine (C=N–C) groups is 1. The Labute approximate surface area is 102 Å². The molecule has 1 aliphatic rings. The molecule has 0 amide bonds. The summed E-state index contributed by atoms with van der Waals surface area (Å²) >= 11 is 0. The summed E-state index contributed by atoms with van der Waals surface area (Å²) in [4.78, 5) is 4.57. The Morgan fingerprint density at radius 1 is 1.18 bits per heavy atom. The van der Waals surface area contributed by atoms with Crippen LogP contribution < -0.4 is 0 Å². The lowest BCUT2D eigenvalue weighted by Gasteiger charge is -2.17. The fraction of sp³-hybridized carbons (Fsp3) is 0.188. The number of hydrogen-bond donors (Lipinski definition) is 0. The van der Waals surface area contributed by atoms with Gasteiger partial charge in [-0.1, -0.05) is 42.5 Å². The van der Waals surface area contributed by atoms with Crippen LogP contribution in [-0.2, 0) is 6.42 Å². The van der Waals surface area contributed by atoms with E-state index in [4.69, 9.17) is 0 Å². The van der Waals surface area contributed by atoms with Crippen molar-refractivity contribution < 1.29 is 0 Å². The van der Waals surface area contributed by atoms with Crippen molar-refractivity contribution in [1.29, 1.82) is 0 Å². The summed E-state index contributed by atoms with van der Waals surface area (Å²) in [7, 11) is 0. The summed E-state index contributed by atoms with van der Waals surface area (Å²) in [5.74, 6) is 0.443. The van der Waals surface area contributed by atoms with E-state index in [0.717, 1.165) is 12.1 Å². The van der Waals surface area contributed by atoms with E-state index in [1.807, 2.05) is 0 Å². The van der Waals surface area contributed by atoms with E-state index in [2.05, 4.69) is 66.7 Å². The molecule has 0 bridgehead atoms. The number of fused-ring (bicyclic) bond motifs is 3. The minimum absolute atomic E-state index is 0.443. The van der Waals surface area contributed by atoms with Gasteiger partial charge in [-0.15, -0.1) is 0 Å². The van der Waals surface area contributed by atoms with Crippen LogP contribution in [0.5, 0.6) is 0 Å². The van der Waals surface area contributed by atoms with Gasteiger partial charge in [0.25, 0.3) is 0 Å². The van der Waals surface area contributed by atoms with Crippen molar-refractivity contribution in [2.45, 2.75) is 13.3 Å². The molecule has 84 valence electrons. The van der Waals surface area contributed by atoms with E-state index < -0.39 is 0 Å². The average molecular weight is 221 g/mol. The molecule has 1 atom stereocenters. The maximum atomic E-state index is 4.57. The molecule has 0 radical (unpaired) electrons. The molecule has 1 aliphatic heterocycles. The summed E-state index contributed by atoms with van der Waals surface area (Å²) < 4.78 is 0. The Morgan fingerprint density at radius 2 is 2.06 bits per heavy atom. The number of hydrogen-bond acceptors (Lipinski definition) is 1. The van der Waals surface area contributed by atoms with Gasteiger partial charge in [-0.3, -0.25) is 4.99 Å². The fourth-order valence-corrected chi connectivity index (χ4v) is 2.49. The summed E-state index contributed by atoms with van der Waals surface area (Å²) in [6.07, 6.45) is 7.43. The van der Waals surface area contributed by atoms with Crippen LogP contribution in [-0.4, -0.2) is 6.21 Å². The maximum absolute atomic E-state index is 4.57. The highest BCUT2D eigenvalue weighted by atomic mass is 14.7. The SMILES string of the molecule is CC=CC1C=Nc2ccc3ccccc3c2C1. The largest absolute Gasteiger partial charge is 0.260 e. The number of allylic oxidation sites excluding steroid dienone is 2. The van der Waals surface area contributed by atoms with Crippen LogP contribution in [0.15, 0.2) is 53.5 Å². The van der Waals surface area contributed by atoms with E-state index >= 15 is 0 Å². The normalized spacial score (nSPS) is 18.8. The third-order valence-electron chi connectivity index (χ3n) is 3.30. The van der Waals surface area contributed by atoms with Gasteiger partial charge in [0.1, 0.15) is 0 Å². The summed E-state index contributed by atoms with van der Waals surface area (Å²) in [6.45, 7) is 2.06. The predicted molar refractivity (Wildman–Crippen MR) is 74.1 cm³/mol. The fourth-order valence-electron chi connectivity index (χ4n) is 2.49. The molecule has 0 aromatic heterocycles. The molecule has 0 saturated heterocycles. The molecule has 0 aliphatic carbocycles. The lowest BCUT2D eigenvalue weighted by Crippen LogP contribution is -2.07. The Morgan fingerprint density at radius 3 is 2.94 bits per heavy atom. The lowest BCUT2D eigenvalue weighted by molar-refractivity contribution is 0.856. The first-order valence-corrected chi connectivity index (χ1v) is 6.06. The van der Waals surface area contributed by atoms with Crippen LogP contribution in [0.1, 0.15) is 12.5 Å². The van der Waals surface area contributed by atoms with Crippen LogP contribution >= 0.6 is 0 Å². The van der Waals surface area contributed by atoms with E-state index in [-0.39, 0.29) is 0 Å². The molecule has 1 nitrogen and oxygen atoms in total. The molecule has 0 N–H and O–H groups in total. The molecule has 1 unspecified atom stereocenters. The third kappa shape index (κ3) is 1.78. The maximum Gasteiger partial charge on any atom is 0.0664 e. The highest BCUT2D eigenvalue weighted by Gasteiger charge is 2.14. The van der Waals surface area contributed by atoms with E-state index in [1.165, 1.54) is 16.3 Å². The average Bonchev–Trinajstić information content (AvgIpc) is 2.39. The Hall–Kier alpha value is -1.89. The van der Waals surface area contributed by atoms with Gasteiger partial charge in [-0.25, -0.2) is 0 Å². The first-order valence-electron chi connectivity index (χ1n) is 6.06. The number of nitrogens with zero attached hydrogens (tertiary/aromatic N) is 1. The minimum Gasteiger partial charge on any atom is -0.260 e. The molecule has 3 rings (SSSR count). The van der Waals surface area contributed by atoms with Crippen molar-refractivity contribution >= 4 is 22.7 Å². The standard InChI is InChI=1S/C16H15N/c1-2-5-12-10-15-14-7-4-3-6-13(14)8-9-16(15)17-11-12/h2-9,11-12H,10H2,1H3. The van der Waals surface area contributed by atoms with Gasteiger partial charge >= 0.3 is 0 Å². The topological polar surface area (TPSA) is 12.4 Å². The van der Waals surface area contributed by atoms with E-state index in [1.54, 1.807) is 0 Å². The summed E-state index contributed by atoms with van der Waals surface area (Å²) in [5, 5.41) is 2.65. The molecule has 1 heterocycles. The molecule has 17 heavy (non-hydrogen) atoms. The van der Waals surface area contributed by atoms with Crippen LogP contribution in [0, 0.1) is 5.92 Å². The van der Waals surface area contributed by atoms with Crippen LogP contribution in [0.3, 0.4) is 0 Å². The van der Waals surface area contributed by atoms with Crippen molar-refractivity contribution in [2.24, 2.45) is 10.9 Å². The Balaban J connectivity index is 2.17. The van der Waals surface area contributed by atoms with Crippen molar-refractivity contribution in [3.8, 4) is 0 Å². The van der Waals surface area contributed by atoms with Crippen LogP contribution in [0.4, 0.5) is 5.69 Å². The van der Waals surface area contributed by atoms with Crippen molar-refractivity contribution in [1.82, 2.24) is 0 Å². The van der Waals surface area contributed by atoms with E-state index in [9.17, 15) is 0 Å². The first kappa shape index (κ1) is 10.3. The van der Waals surface area contributed by atoms with Gasteiger partial charge < -0.3 is 0 Å². The first-order chi connectivity index (χ1) is 8.38. The zero-order chi connectivity index (χ0) is 11.7. The molecular formula is C16H15N.